The van der Waals surface area contributed by atoms with Crippen LogP contribution in [0.1, 0.15) is 42.0 Å². The van der Waals surface area contributed by atoms with Crippen molar-refractivity contribution in [2.75, 3.05) is 24.2 Å². The van der Waals surface area contributed by atoms with Crippen molar-refractivity contribution in [2.45, 2.75) is 45.7 Å². The number of hydrogen-bond donors (Lipinski definition) is 1. The smallest absolute Gasteiger partial charge is 0.244 e. The lowest BCUT2D eigenvalue weighted by Gasteiger charge is -2.33. The molecule has 0 fully saturated rings. The molecule has 7 nitrogen and oxygen atoms in total. The summed E-state index contributed by atoms with van der Waals surface area (Å²) in [6, 6.07) is 23.5. The molecular formula is C30H37N3O4S. The quantitative estimate of drug-likeness (QED) is 0.397. The Morgan fingerprint density at radius 3 is 2.08 bits per heavy atom. The van der Waals surface area contributed by atoms with Crippen LogP contribution < -0.4 is 9.62 Å². The van der Waals surface area contributed by atoms with E-state index in [1.807, 2.05) is 73.7 Å². The largest absolute Gasteiger partial charge is 0.357 e. The van der Waals surface area contributed by atoms with Gasteiger partial charge in [-0.2, -0.15) is 0 Å². The molecule has 2 amide bonds. The van der Waals surface area contributed by atoms with Crippen molar-refractivity contribution in [1.29, 1.82) is 0 Å². The van der Waals surface area contributed by atoms with Gasteiger partial charge >= 0.3 is 0 Å². The molecule has 0 aromatic heterocycles. The highest BCUT2D eigenvalue weighted by molar-refractivity contribution is 7.92. The van der Waals surface area contributed by atoms with Gasteiger partial charge < -0.3 is 10.2 Å². The van der Waals surface area contributed by atoms with Crippen LogP contribution in [0.15, 0.2) is 78.9 Å². The highest BCUT2D eigenvalue weighted by Gasteiger charge is 2.32. The van der Waals surface area contributed by atoms with E-state index in [0.29, 0.717) is 12.1 Å². The van der Waals surface area contributed by atoms with Gasteiger partial charge in [-0.3, -0.25) is 13.9 Å². The minimum atomic E-state index is -3.78. The molecule has 3 aromatic carbocycles. The summed E-state index contributed by atoms with van der Waals surface area (Å²) in [6.07, 6.45) is 1.38. The number of anilines is 1. The molecule has 0 aliphatic carbocycles. The zero-order chi connectivity index (χ0) is 27.9. The monoisotopic (exact) mass is 535 g/mol. The number of aryl methyl sites for hydroxylation is 1. The third kappa shape index (κ3) is 7.68. The number of sulfonamides is 1. The van der Waals surface area contributed by atoms with Crippen LogP contribution in [0, 0.1) is 6.92 Å². The number of benzene rings is 3. The average molecular weight is 536 g/mol. The number of rotatable bonds is 11. The number of carbonyl (C=O) groups is 2. The third-order valence-corrected chi connectivity index (χ3v) is 7.62. The first kappa shape index (κ1) is 28.9. The van der Waals surface area contributed by atoms with Crippen LogP contribution in [-0.2, 0) is 32.6 Å². The summed E-state index contributed by atoms with van der Waals surface area (Å²) >= 11 is 0. The maximum absolute atomic E-state index is 13.9. The topological polar surface area (TPSA) is 86.8 Å². The van der Waals surface area contributed by atoms with Gasteiger partial charge in [-0.05, 0) is 41.7 Å². The lowest BCUT2D eigenvalue weighted by atomic mass is 10.0. The average Bonchev–Trinajstić information content (AvgIpc) is 2.88. The van der Waals surface area contributed by atoms with Gasteiger partial charge in [0.1, 0.15) is 12.6 Å². The Hall–Kier alpha value is -3.65. The Labute approximate surface area is 226 Å². The molecule has 0 aliphatic rings. The van der Waals surface area contributed by atoms with Crippen molar-refractivity contribution in [3.8, 4) is 0 Å². The molecule has 0 aliphatic heterocycles. The molecule has 202 valence electrons. The second kappa shape index (κ2) is 12.7. The predicted molar refractivity (Wildman–Crippen MR) is 152 cm³/mol. The number of nitrogens with zero attached hydrogens (tertiary/aromatic N) is 2. The molecule has 0 saturated carbocycles. The number of amides is 2. The summed E-state index contributed by atoms with van der Waals surface area (Å²) < 4.78 is 26.8. The first-order chi connectivity index (χ1) is 18.0. The van der Waals surface area contributed by atoms with Crippen LogP contribution in [0.25, 0.3) is 0 Å². The molecule has 8 heteroatoms. The van der Waals surface area contributed by atoms with Crippen molar-refractivity contribution in [1.82, 2.24) is 10.2 Å². The molecule has 38 heavy (non-hydrogen) atoms. The van der Waals surface area contributed by atoms with Gasteiger partial charge in [0.2, 0.25) is 21.8 Å². The zero-order valence-electron chi connectivity index (χ0n) is 22.7. The van der Waals surface area contributed by atoms with E-state index in [-0.39, 0.29) is 18.4 Å². The summed E-state index contributed by atoms with van der Waals surface area (Å²) in [6.45, 7) is 5.81. The van der Waals surface area contributed by atoms with Crippen LogP contribution >= 0.6 is 0 Å². The number of likely N-dealkylation sites (N-methyl/N-ethyl adjacent to an activating group) is 1. The van der Waals surface area contributed by atoms with E-state index in [0.717, 1.165) is 32.8 Å². The molecule has 0 heterocycles. The van der Waals surface area contributed by atoms with E-state index in [1.54, 1.807) is 12.1 Å². The van der Waals surface area contributed by atoms with Crippen LogP contribution in [0.4, 0.5) is 5.69 Å². The molecule has 0 bridgehead atoms. The lowest BCUT2D eigenvalue weighted by Crippen LogP contribution is -2.52. The third-order valence-electron chi connectivity index (χ3n) is 6.48. The van der Waals surface area contributed by atoms with Gasteiger partial charge in [-0.25, -0.2) is 8.42 Å². The van der Waals surface area contributed by atoms with Crippen LogP contribution in [0.2, 0.25) is 0 Å². The van der Waals surface area contributed by atoms with E-state index < -0.39 is 28.5 Å². The second-order valence-electron chi connectivity index (χ2n) is 9.85. The summed E-state index contributed by atoms with van der Waals surface area (Å²) in [4.78, 5) is 28.6. The molecule has 3 rings (SSSR count). The Bertz CT molecular complexity index is 1340. The molecule has 0 spiro atoms. The molecule has 1 atom stereocenters. The van der Waals surface area contributed by atoms with Gasteiger partial charge in [0, 0.05) is 20.0 Å². The first-order valence-corrected chi connectivity index (χ1v) is 14.5. The van der Waals surface area contributed by atoms with Crippen molar-refractivity contribution >= 4 is 27.5 Å². The van der Waals surface area contributed by atoms with Crippen molar-refractivity contribution in [3.63, 3.8) is 0 Å². The second-order valence-corrected chi connectivity index (χ2v) is 11.8. The predicted octanol–water partition coefficient (Wildman–Crippen LogP) is 4.27. The lowest BCUT2D eigenvalue weighted by molar-refractivity contribution is -0.139. The fourth-order valence-corrected chi connectivity index (χ4v) is 5.22. The molecular weight excluding hydrogens is 498 g/mol. The first-order valence-electron chi connectivity index (χ1n) is 12.7. The summed E-state index contributed by atoms with van der Waals surface area (Å²) in [5.74, 6) is -0.495. The van der Waals surface area contributed by atoms with Gasteiger partial charge in [0.15, 0.2) is 0 Å². The van der Waals surface area contributed by atoms with E-state index in [9.17, 15) is 18.0 Å². The maximum Gasteiger partial charge on any atom is 0.244 e. The summed E-state index contributed by atoms with van der Waals surface area (Å²) in [5.41, 5.74) is 4.25. The Balaban J connectivity index is 2.01. The van der Waals surface area contributed by atoms with Gasteiger partial charge in [-0.1, -0.05) is 86.1 Å². The minimum absolute atomic E-state index is 0.162. The number of carbonyl (C=O) groups excluding carboxylic acids is 2. The van der Waals surface area contributed by atoms with Gasteiger partial charge in [0.05, 0.1) is 11.9 Å². The van der Waals surface area contributed by atoms with E-state index in [1.165, 1.54) is 11.9 Å². The standard InChI is InChI=1S/C30H37N3O4S/c1-22(2)26-14-16-27(17-15-26)33(38(5,36)37)21-29(34)32(20-25-13-9-10-23(3)18-25)28(30(35)31-4)19-24-11-7-6-8-12-24/h6-18,22,28H,19-21H2,1-5H3,(H,31,35)/t28-/m0/s1. The van der Waals surface area contributed by atoms with E-state index in [4.69, 9.17) is 0 Å². The van der Waals surface area contributed by atoms with E-state index in [2.05, 4.69) is 19.2 Å². The van der Waals surface area contributed by atoms with Crippen molar-refractivity contribution < 1.29 is 18.0 Å². The van der Waals surface area contributed by atoms with Gasteiger partial charge in [-0.15, -0.1) is 0 Å². The zero-order valence-corrected chi connectivity index (χ0v) is 23.5. The Morgan fingerprint density at radius 1 is 0.895 bits per heavy atom. The fourth-order valence-electron chi connectivity index (χ4n) is 4.37. The van der Waals surface area contributed by atoms with Crippen LogP contribution in [0.3, 0.4) is 0 Å². The summed E-state index contributed by atoms with van der Waals surface area (Å²) in [7, 11) is -2.25. The normalized spacial score (nSPS) is 12.2. The molecule has 0 radical (unpaired) electrons. The number of hydrogen-bond acceptors (Lipinski definition) is 4. The highest BCUT2D eigenvalue weighted by Crippen LogP contribution is 2.23. The molecule has 1 N–H and O–H groups in total. The Morgan fingerprint density at radius 2 is 1.53 bits per heavy atom. The summed E-state index contributed by atoms with van der Waals surface area (Å²) in [5, 5.41) is 2.69. The van der Waals surface area contributed by atoms with Crippen molar-refractivity contribution in [2.24, 2.45) is 0 Å². The highest BCUT2D eigenvalue weighted by atomic mass is 32.2. The number of nitrogens with one attached hydrogen (secondary N) is 1. The maximum atomic E-state index is 13.9. The molecule has 0 unspecified atom stereocenters. The van der Waals surface area contributed by atoms with Crippen molar-refractivity contribution in [3.05, 3.63) is 101 Å². The Kier molecular flexibility index (Phi) is 9.69. The molecule has 3 aromatic rings. The fraction of sp³-hybridized carbons (Fsp3) is 0.333. The SMILES string of the molecule is CNC(=O)[C@H](Cc1ccccc1)N(Cc1cccc(C)c1)C(=O)CN(c1ccc(C(C)C)cc1)S(C)(=O)=O. The minimum Gasteiger partial charge on any atom is -0.357 e. The van der Waals surface area contributed by atoms with Crippen LogP contribution in [-0.4, -0.2) is 51.0 Å². The van der Waals surface area contributed by atoms with E-state index >= 15 is 0 Å². The van der Waals surface area contributed by atoms with Crippen LogP contribution in [0.5, 0.6) is 0 Å². The van der Waals surface area contributed by atoms with Gasteiger partial charge in [0.25, 0.3) is 0 Å². The molecule has 0 saturated heterocycles.